The highest BCUT2D eigenvalue weighted by molar-refractivity contribution is 6.30. The Hall–Kier alpha value is -1.09. The molecule has 15 heavy (non-hydrogen) atoms. The van der Waals surface area contributed by atoms with Gasteiger partial charge < -0.3 is 5.73 Å². The molecule has 4 heteroatoms. The number of amides is 1. The van der Waals surface area contributed by atoms with E-state index in [4.69, 9.17) is 17.3 Å². The third-order valence-corrected chi connectivity index (χ3v) is 3.50. The molecule has 0 saturated heterocycles. The maximum atomic E-state index is 11.6. The summed E-state index contributed by atoms with van der Waals surface area (Å²) in [6.07, 6.45) is 5.24. The van der Waals surface area contributed by atoms with E-state index < -0.39 is 5.41 Å². The summed E-state index contributed by atoms with van der Waals surface area (Å²) >= 11 is 6.02. The van der Waals surface area contributed by atoms with E-state index in [1.54, 1.807) is 12.3 Å². The number of hydrogen-bond acceptors (Lipinski definition) is 2. The smallest absolute Gasteiger partial charge is 0.228 e. The van der Waals surface area contributed by atoms with Gasteiger partial charge in [-0.05, 0) is 18.9 Å². The summed E-state index contributed by atoms with van der Waals surface area (Å²) in [4.78, 5) is 15.6. The van der Waals surface area contributed by atoms with Gasteiger partial charge in [-0.15, -0.1) is 0 Å². The normalized spacial score (nSPS) is 19.0. The highest BCUT2D eigenvalue weighted by atomic mass is 35.5. The molecule has 1 aromatic rings. The molecule has 2 N–H and O–H groups in total. The molecule has 2 rings (SSSR count). The van der Waals surface area contributed by atoms with Gasteiger partial charge >= 0.3 is 0 Å². The van der Waals surface area contributed by atoms with Crippen molar-refractivity contribution in [3.05, 3.63) is 29.0 Å². The van der Waals surface area contributed by atoms with E-state index in [1.165, 1.54) is 0 Å². The molecule has 0 spiro atoms. The third kappa shape index (κ3) is 1.61. The van der Waals surface area contributed by atoms with Gasteiger partial charge in [0.25, 0.3) is 0 Å². The Bertz CT molecular complexity index is 386. The van der Waals surface area contributed by atoms with Gasteiger partial charge in [0, 0.05) is 11.8 Å². The van der Waals surface area contributed by atoms with E-state index in [1.807, 2.05) is 6.07 Å². The van der Waals surface area contributed by atoms with Crippen molar-refractivity contribution < 1.29 is 4.79 Å². The molecular formula is C11H13ClN2O. The van der Waals surface area contributed by atoms with Gasteiger partial charge in [-0.25, -0.2) is 4.98 Å². The Balaban J connectivity index is 2.50. The maximum absolute atomic E-state index is 11.6. The zero-order valence-corrected chi connectivity index (χ0v) is 9.13. The summed E-state index contributed by atoms with van der Waals surface area (Å²) in [7, 11) is 0. The fourth-order valence-corrected chi connectivity index (χ4v) is 2.67. The van der Waals surface area contributed by atoms with Crippen molar-refractivity contribution in [1.29, 1.82) is 0 Å². The maximum Gasteiger partial charge on any atom is 0.228 e. The van der Waals surface area contributed by atoms with Crippen LogP contribution in [-0.4, -0.2) is 10.9 Å². The lowest BCUT2D eigenvalue weighted by molar-refractivity contribution is -0.123. The topological polar surface area (TPSA) is 56.0 Å². The quantitative estimate of drug-likeness (QED) is 0.782. The van der Waals surface area contributed by atoms with E-state index in [2.05, 4.69) is 4.98 Å². The van der Waals surface area contributed by atoms with Crippen molar-refractivity contribution in [1.82, 2.24) is 4.98 Å². The van der Waals surface area contributed by atoms with Crippen LogP contribution in [0.4, 0.5) is 0 Å². The molecular weight excluding hydrogens is 212 g/mol. The van der Waals surface area contributed by atoms with Crippen LogP contribution < -0.4 is 5.73 Å². The molecule has 1 amide bonds. The third-order valence-electron chi connectivity index (χ3n) is 3.20. The monoisotopic (exact) mass is 224 g/mol. The molecule has 1 saturated carbocycles. The summed E-state index contributed by atoms with van der Waals surface area (Å²) in [5, 5.41) is 0.401. The van der Waals surface area contributed by atoms with Crippen molar-refractivity contribution in [2.45, 2.75) is 31.1 Å². The number of rotatable bonds is 2. The van der Waals surface area contributed by atoms with Gasteiger partial charge in [0.05, 0.1) is 5.41 Å². The molecule has 1 aliphatic carbocycles. The summed E-state index contributed by atoms with van der Waals surface area (Å²) in [6, 6.07) is 3.65. The van der Waals surface area contributed by atoms with Crippen LogP contribution in [0.1, 0.15) is 31.2 Å². The molecule has 80 valence electrons. The van der Waals surface area contributed by atoms with Crippen LogP contribution in [0.15, 0.2) is 18.3 Å². The molecule has 1 heterocycles. The van der Waals surface area contributed by atoms with Crippen LogP contribution >= 0.6 is 11.6 Å². The largest absolute Gasteiger partial charge is 0.369 e. The van der Waals surface area contributed by atoms with Crippen LogP contribution in [0.5, 0.6) is 0 Å². The Morgan fingerprint density at radius 1 is 1.47 bits per heavy atom. The number of nitrogens with two attached hydrogens (primary N) is 1. The molecule has 3 nitrogen and oxygen atoms in total. The molecule has 1 fully saturated rings. The molecule has 0 aliphatic heterocycles. The molecule has 1 aliphatic rings. The summed E-state index contributed by atoms with van der Waals surface area (Å²) in [6.45, 7) is 0. The molecule has 0 atom stereocenters. The molecule has 0 radical (unpaired) electrons. The van der Waals surface area contributed by atoms with Crippen molar-refractivity contribution in [2.75, 3.05) is 0 Å². The molecule has 0 aromatic carbocycles. The summed E-state index contributed by atoms with van der Waals surface area (Å²) in [5.41, 5.74) is 5.72. The van der Waals surface area contributed by atoms with Gasteiger partial charge in [0.15, 0.2) is 0 Å². The van der Waals surface area contributed by atoms with Gasteiger partial charge in [-0.2, -0.15) is 0 Å². The van der Waals surface area contributed by atoms with Crippen molar-refractivity contribution in [3.63, 3.8) is 0 Å². The zero-order valence-electron chi connectivity index (χ0n) is 8.37. The number of carbonyl (C=O) groups excluding carboxylic acids is 1. The van der Waals surface area contributed by atoms with Crippen LogP contribution in [0.2, 0.25) is 5.15 Å². The highest BCUT2D eigenvalue weighted by Gasteiger charge is 2.42. The molecule has 0 bridgehead atoms. The fraction of sp³-hybridized carbons (Fsp3) is 0.455. The molecule has 1 aromatic heterocycles. The first-order valence-corrected chi connectivity index (χ1v) is 5.45. The lowest BCUT2D eigenvalue weighted by atomic mass is 9.79. The predicted octanol–water partition coefficient (Wildman–Crippen LogP) is 2.03. The van der Waals surface area contributed by atoms with E-state index in [9.17, 15) is 4.79 Å². The Kier molecular flexibility index (Phi) is 2.65. The van der Waals surface area contributed by atoms with E-state index in [-0.39, 0.29) is 5.91 Å². The van der Waals surface area contributed by atoms with Crippen LogP contribution in [0.25, 0.3) is 0 Å². The minimum atomic E-state index is -0.578. The number of nitrogens with zero attached hydrogens (tertiary/aromatic N) is 1. The highest BCUT2D eigenvalue weighted by Crippen LogP contribution is 2.42. The number of primary amides is 1. The second-order valence-corrected chi connectivity index (χ2v) is 4.35. The van der Waals surface area contributed by atoms with Gasteiger partial charge in [-0.3, -0.25) is 4.79 Å². The van der Waals surface area contributed by atoms with Gasteiger partial charge in [0.2, 0.25) is 5.91 Å². The van der Waals surface area contributed by atoms with Crippen LogP contribution in [0.3, 0.4) is 0 Å². The number of hydrogen-bond donors (Lipinski definition) is 1. The SMILES string of the molecule is NC(=O)C1(c2cccnc2Cl)CCCC1. The first kappa shape index (κ1) is 10.4. The Morgan fingerprint density at radius 3 is 2.67 bits per heavy atom. The standard InChI is InChI=1S/C11H13ClN2O/c12-9-8(4-3-7-14-9)11(10(13)15)5-1-2-6-11/h3-4,7H,1-2,5-6H2,(H2,13,15). The second-order valence-electron chi connectivity index (χ2n) is 4.00. The molecule has 0 unspecified atom stereocenters. The number of pyridine rings is 1. The Labute approximate surface area is 93.6 Å². The minimum Gasteiger partial charge on any atom is -0.369 e. The summed E-state index contributed by atoms with van der Waals surface area (Å²) < 4.78 is 0. The first-order chi connectivity index (χ1) is 7.17. The summed E-state index contributed by atoms with van der Waals surface area (Å²) in [5.74, 6) is -0.282. The predicted molar refractivity (Wildman–Crippen MR) is 58.6 cm³/mol. The average Bonchev–Trinajstić information content (AvgIpc) is 2.68. The number of halogens is 1. The second kappa shape index (κ2) is 3.81. The van der Waals surface area contributed by atoms with Crippen molar-refractivity contribution in [3.8, 4) is 0 Å². The van der Waals surface area contributed by atoms with Gasteiger partial charge in [0.1, 0.15) is 5.15 Å². The average molecular weight is 225 g/mol. The first-order valence-electron chi connectivity index (χ1n) is 5.08. The van der Waals surface area contributed by atoms with Gasteiger partial charge in [-0.1, -0.05) is 30.5 Å². The van der Waals surface area contributed by atoms with E-state index in [0.717, 1.165) is 31.2 Å². The lowest BCUT2D eigenvalue weighted by Crippen LogP contribution is -2.39. The number of carbonyl (C=O) groups is 1. The van der Waals surface area contributed by atoms with Crippen molar-refractivity contribution >= 4 is 17.5 Å². The minimum absolute atomic E-state index is 0.282. The fourth-order valence-electron chi connectivity index (χ4n) is 2.37. The van der Waals surface area contributed by atoms with Crippen LogP contribution in [-0.2, 0) is 10.2 Å². The van der Waals surface area contributed by atoms with Crippen LogP contribution in [0, 0.1) is 0 Å². The van der Waals surface area contributed by atoms with E-state index in [0.29, 0.717) is 5.15 Å². The number of aromatic nitrogens is 1. The van der Waals surface area contributed by atoms with Crippen molar-refractivity contribution in [2.24, 2.45) is 5.73 Å². The lowest BCUT2D eigenvalue weighted by Gasteiger charge is -2.25. The zero-order chi connectivity index (χ0) is 10.9. The van der Waals surface area contributed by atoms with E-state index >= 15 is 0 Å². The Morgan fingerprint density at radius 2 is 2.13 bits per heavy atom.